The molecule has 1 amide bonds. The van der Waals surface area contributed by atoms with Crippen molar-refractivity contribution < 1.29 is 19.0 Å². The van der Waals surface area contributed by atoms with Crippen LogP contribution in [0.3, 0.4) is 0 Å². The Morgan fingerprint density at radius 2 is 1.17 bits per heavy atom. The summed E-state index contributed by atoms with van der Waals surface area (Å²) in [5, 5.41) is 18.7. The van der Waals surface area contributed by atoms with Gasteiger partial charge in [0, 0.05) is 45.4 Å². The Balaban J connectivity index is 0.000000193. The van der Waals surface area contributed by atoms with Crippen molar-refractivity contribution in [3.63, 3.8) is 0 Å². The van der Waals surface area contributed by atoms with E-state index in [2.05, 4.69) is 25.7 Å². The Labute approximate surface area is 269 Å². The number of benzene rings is 4. The van der Waals surface area contributed by atoms with Crippen LogP contribution < -0.4 is 31.6 Å². The van der Waals surface area contributed by atoms with Gasteiger partial charge in [0.1, 0.15) is 28.5 Å². The molecule has 0 bridgehead atoms. The van der Waals surface area contributed by atoms with E-state index in [-0.39, 0.29) is 11.1 Å². The highest BCUT2D eigenvalue weighted by atomic mass is 16.6. The minimum absolute atomic E-state index is 0.209. The summed E-state index contributed by atoms with van der Waals surface area (Å²) in [5.74, 6) is 1.13. The molecule has 6 aromatic rings. The molecule has 240 valence electrons. The third-order valence-electron chi connectivity index (χ3n) is 6.97. The van der Waals surface area contributed by atoms with E-state index in [1.165, 1.54) is 7.11 Å². The van der Waals surface area contributed by atoms with E-state index in [1.807, 2.05) is 36.4 Å². The highest BCUT2D eigenvalue weighted by Gasteiger charge is 2.18. The fourth-order valence-electron chi connectivity index (χ4n) is 4.93. The lowest BCUT2D eigenvalue weighted by Gasteiger charge is -2.20. The standard InChI is InChI=1S/C20H21N3O4.C15H13N3O2/c1-20(2,3)27-19(25)21-12-9-10-15(16(11-12)26-4)17-13-7-5-6-8-14(13)18(24)23-22-17;1-20-13-8-9(16)6-7-12(13)14-10-4-2-3-5-11(10)15(19)18-17-14/h5-11H,1-4H3,(H,21,25)(H,23,24);2-8H,16H2,1H3,(H,18,19). The molecule has 0 saturated heterocycles. The average Bonchev–Trinajstić information content (AvgIpc) is 3.05. The molecule has 0 unspecified atom stereocenters. The molecule has 47 heavy (non-hydrogen) atoms. The molecule has 5 N–H and O–H groups in total. The number of hydrogen-bond acceptors (Lipinski definition) is 9. The first-order valence-electron chi connectivity index (χ1n) is 14.6. The number of nitrogen functional groups attached to an aromatic ring is 1. The summed E-state index contributed by atoms with van der Waals surface area (Å²) in [6, 6.07) is 25.1. The van der Waals surface area contributed by atoms with Crippen LogP contribution >= 0.6 is 0 Å². The van der Waals surface area contributed by atoms with Crippen molar-refractivity contribution >= 4 is 39.0 Å². The maximum Gasteiger partial charge on any atom is 0.412 e. The Morgan fingerprint density at radius 3 is 1.66 bits per heavy atom. The zero-order valence-corrected chi connectivity index (χ0v) is 26.5. The van der Waals surface area contributed by atoms with E-state index in [0.717, 1.165) is 10.9 Å². The molecule has 0 saturated carbocycles. The molecule has 2 heterocycles. The van der Waals surface area contributed by atoms with Gasteiger partial charge in [-0.15, -0.1) is 0 Å². The number of methoxy groups -OCH3 is 2. The fourth-order valence-corrected chi connectivity index (χ4v) is 4.93. The molecule has 2 aromatic heterocycles. The zero-order valence-electron chi connectivity index (χ0n) is 26.5. The van der Waals surface area contributed by atoms with Gasteiger partial charge in [0.25, 0.3) is 11.1 Å². The maximum atomic E-state index is 12.0. The second-order valence-electron chi connectivity index (χ2n) is 11.4. The average molecular weight is 635 g/mol. The number of ether oxygens (including phenoxy) is 3. The van der Waals surface area contributed by atoms with E-state index in [4.69, 9.17) is 19.9 Å². The Kier molecular flexibility index (Phi) is 9.22. The van der Waals surface area contributed by atoms with Crippen molar-refractivity contribution in [3.8, 4) is 34.0 Å². The van der Waals surface area contributed by atoms with Gasteiger partial charge in [-0.1, -0.05) is 36.4 Å². The van der Waals surface area contributed by atoms with Gasteiger partial charge in [0.2, 0.25) is 0 Å². The molecule has 0 atom stereocenters. The maximum absolute atomic E-state index is 12.0. The number of aromatic amines is 2. The van der Waals surface area contributed by atoms with Gasteiger partial charge in [0.15, 0.2) is 0 Å². The third-order valence-corrected chi connectivity index (χ3v) is 6.97. The number of aromatic nitrogens is 4. The summed E-state index contributed by atoms with van der Waals surface area (Å²) in [4.78, 5) is 35.8. The number of nitrogens with zero attached hydrogens (tertiary/aromatic N) is 2. The predicted molar refractivity (Wildman–Crippen MR) is 183 cm³/mol. The Hall–Kier alpha value is -6.17. The van der Waals surface area contributed by atoms with Gasteiger partial charge < -0.3 is 19.9 Å². The quantitative estimate of drug-likeness (QED) is 0.163. The van der Waals surface area contributed by atoms with Gasteiger partial charge in [-0.05, 0) is 57.2 Å². The molecule has 0 fully saturated rings. The molecule has 0 radical (unpaired) electrons. The highest BCUT2D eigenvalue weighted by molar-refractivity contribution is 5.96. The van der Waals surface area contributed by atoms with Crippen molar-refractivity contribution in [2.45, 2.75) is 26.4 Å². The summed E-state index contributed by atoms with van der Waals surface area (Å²) in [7, 11) is 3.11. The number of hydrogen-bond donors (Lipinski definition) is 4. The van der Waals surface area contributed by atoms with Gasteiger partial charge in [-0.2, -0.15) is 10.2 Å². The Morgan fingerprint density at radius 1 is 0.702 bits per heavy atom. The molecule has 12 heteroatoms. The number of nitrogens with one attached hydrogen (secondary N) is 3. The summed E-state index contributed by atoms with van der Waals surface area (Å²) in [5.41, 5.74) is 8.58. The fraction of sp³-hybridized carbons (Fsp3) is 0.171. The lowest BCUT2D eigenvalue weighted by atomic mass is 10.0. The van der Waals surface area contributed by atoms with E-state index in [1.54, 1.807) is 76.4 Å². The van der Waals surface area contributed by atoms with Crippen molar-refractivity contribution in [3.05, 3.63) is 106 Å². The SMILES string of the molecule is COc1cc(N)ccc1-c1n[nH]c(=O)c2ccccc12.COc1cc(NC(=O)OC(C)(C)C)ccc1-c1n[nH]c(=O)c2ccccc12. The van der Waals surface area contributed by atoms with Crippen LogP contribution in [0.4, 0.5) is 16.2 Å². The summed E-state index contributed by atoms with van der Waals surface area (Å²) in [6.45, 7) is 5.38. The predicted octanol–water partition coefficient (Wildman–Crippen LogP) is 6.13. The van der Waals surface area contributed by atoms with Crippen LogP contribution in [-0.4, -0.2) is 46.3 Å². The molecular formula is C35H34N6O6. The zero-order chi connectivity index (χ0) is 33.7. The molecule has 4 aromatic carbocycles. The summed E-state index contributed by atoms with van der Waals surface area (Å²) >= 11 is 0. The van der Waals surface area contributed by atoms with Crippen LogP contribution in [0, 0.1) is 0 Å². The second kappa shape index (κ2) is 13.4. The van der Waals surface area contributed by atoms with Crippen LogP contribution in [-0.2, 0) is 4.74 Å². The number of nitrogens with two attached hydrogens (primary N) is 1. The van der Waals surface area contributed by atoms with E-state index < -0.39 is 11.7 Å². The first-order chi connectivity index (χ1) is 22.5. The van der Waals surface area contributed by atoms with Crippen molar-refractivity contribution in [1.82, 2.24) is 20.4 Å². The molecule has 6 rings (SSSR count). The number of fused-ring (bicyclic) bond motifs is 2. The molecule has 0 aliphatic carbocycles. The lowest BCUT2D eigenvalue weighted by Crippen LogP contribution is -2.27. The topological polar surface area (TPSA) is 174 Å². The number of carbonyl (C=O) groups is 1. The van der Waals surface area contributed by atoms with Crippen LogP contribution in [0.25, 0.3) is 44.1 Å². The molecule has 0 aliphatic rings. The number of carbonyl (C=O) groups excluding carboxylic acids is 1. The number of anilines is 2. The third kappa shape index (κ3) is 7.22. The number of amides is 1. The van der Waals surface area contributed by atoms with E-state index in [0.29, 0.717) is 56.0 Å². The smallest absolute Gasteiger partial charge is 0.412 e. The van der Waals surface area contributed by atoms with Crippen LogP contribution in [0.5, 0.6) is 11.5 Å². The van der Waals surface area contributed by atoms with Crippen molar-refractivity contribution in [2.75, 3.05) is 25.3 Å². The van der Waals surface area contributed by atoms with Crippen molar-refractivity contribution in [1.29, 1.82) is 0 Å². The van der Waals surface area contributed by atoms with Gasteiger partial charge in [-0.3, -0.25) is 14.9 Å². The number of rotatable bonds is 5. The van der Waals surface area contributed by atoms with Crippen LogP contribution in [0.1, 0.15) is 20.8 Å². The minimum atomic E-state index is -0.590. The lowest BCUT2D eigenvalue weighted by molar-refractivity contribution is 0.0636. The first-order valence-corrected chi connectivity index (χ1v) is 14.6. The molecule has 12 nitrogen and oxygen atoms in total. The highest BCUT2D eigenvalue weighted by Crippen LogP contribution is 2.35. The molecule has 0 spiro atoms. The monoisotopic (exact) mass is 634 g/mol. The van der Waals surface area contributed by atoms with Crippen LogP contribution in [0.15, 0.2) is 94.5 Å². The number of H-pyrrole nitrogens is 2. The summed E-state index contributed by atoms with van der Waals surface area (Å²) < 4.78 is 16.1. The Bertz CT molecular complexity index is 2200. The largest absolute Gasteiger partial charge is 0.496 e. The molecular weight excluding hydrogens is 600 g/mol. The van der Waals surface area contributed by atoms with Gasteiger partial charge in [0.05, 0.1) is 25.0 Å². The first kappa shape index (κ1) is 32.2. The normalized spacial score (nSPS) is 11.0. The molecule has 0 aliphatic heterocycles. The minimum Gasteiger partial charge on any atom is -0.496 e. The van der Waals surface area contributed by atoms with Gasteiger partial charge >= 0.3 is 6.09 Å². The van der Waals surface area contributed by atoms with E-state index in [9.17, 15) is 14.4 Å². The summed E-state index contributed by atoms with van der Waals surface area (Å²) in [6.07, 6.45) is -0.551. The van der Waals surface area contributed by atoms with Gasteiger partial charge in [-0.25, -0.2) is 15.0 Å². The van der Waals surface area contributed by atoms with E-state index >= 15 is 0 Å². The van der Waals surface area contributed by atoms with Crippen LogP contribution in [0.2, 0.25) is 0 Å². The van der Waals surface area contributed by atoms with Crippen molar-refractivity contribution in [2.24, 2.45) is 0 Å². The second-order valence-corrected chi connectivity index (χ2v) is 11.4.